The molecule has 0 aliphatic heterocycles. The van der Waals surface area contributed by atoms with Crippen LogP contribution < -0.4 is 5.32 Å². The summed E-state index contributed by atoms with van der Waals surface area (Å²) >= 11 is 1.81. The number of hydrogen-bond acceptors (Lipinski definition) is 3. The van der Waals surface area contributed by atoms with Gasteiger partial charge in [-0.3, -0.25) is 0 Å². The molecule has 1 aliphatic carbocycles. The number of carboxylic acids is 1. The number of nitrogens with zero attached hydrogens (tertiary/aromatic N) is 1. The predicted molar refractivity (Wildman–Crippen MR) is 83.7 cm³/mol. The minimum absolute atomic E-state index is 0.0994. The van der Waals surface area contributed by atoms with Gasteiger partial charge in [-0.2, -0.15) is 11.8 Å². The number of nitrogens with one attached hydrogen (secondary N) is 1. The van der Waals surface area contributed by atoms with Gasteiger partial charge in [0.05, 0.1) is 5.56 Å². The summed E-state index contributed by atoms with van der Waals surface area (Å²) in [6.45, 7) is 1.16. The first-order chi connectivity index (χ1) is 9.96. The second-order valence-electron chi connectivity index (χ2n) is 5.40. The summed E-state index contributed by atoms with van der Waals surface area (Å²) in [6.07, 6.45) is 4.40. The Morgan fingerprint density at radius 2 is 1.95 bits per heavy atom. The van der Waals surface area contributed by atoms with Crippen molar-refractivity contribution in [3.63, 3.8) is 0 Å². The molecule has 2 N–H and O–H groups in total. The normalized spacial score (nSPS) is 15.3. The van der Waals surface area contributed by atoms with Crippen molar-refractivity contribution >= 4 is 23.8 Å². The van der Waals surface area contributed by atoms with Gasteiger partial charge in [0.25, 0.3) is 0 Å². The summed E-state index contributed by atoms with van der Waals surface area (Å²) < 4.78 is 0.250. The molecule has 0 aromatic heterocycles. The Kier molecular flexibility index (Phi) is 4.77. The van der Waals surface area contributed by atoms with E-state index in [-0.39, 0.29) is 16.3 Å². The third-order valence-corrected chi connectivity index (χ3v) is 5.19. The molecule has 114 valence electrons. The third-order valence-electron chi connectivity index (χ3n) is 3.77. The highest BCUT2D eigenvalue weighted by Crippen LogP contribution is 2.46. The number of carbonyl (C=O) groups is 2. The fourth-order valence-corrected chi connectivity index (χ4v) is 2.79. The molecular formula is C15H20N2O3S. The number of urea groups is 1. The van der Waals surface area contributed by atoms with Gasteiger partial charge in [0.2, 0.25) is 0 Å². The van der Waals surface area contributed by atoms with E-state index in [9.17, 15) is 9.59 Å². The van der Waals surface area contributed by atoms with E-state index < -0.39 is 5.97 Å². The van der Waals surface area contributed by atoms with Crippen LogP contribution in [0.2, 0.25) is 0 Å². The molecule has 1 aliphatic rings. The summed E-state index contributed by atoms with van der Waals surface area (Å²) in [5, 5.41) is 11.8. The SMILES string of the molecule is CSC1(CNC(=O)N(C)Cc2ccc(C(=O)O)cc2)CC1. The molecule has 0 spiro atoms. The van der Waals surface area contributed by atoms with E-state index in [1.165, 1.54) is 0 Å². The molecule has 0 radical (unpaired) electrons. The van der Waals surface area contributed by atoms with E-state index in [1.54, 1.807) is 36.2 Å². The molecule has 0 unspecified atom stereocenters. The fourth-order valence-electron chi connectivity index (χ4n) is 2.06. The number of amides is 2. The Hall–Kier alpha value is -1.69. The zero-order chi connectivity index (χ0) is 15.5. The van der Waals surface area contributed by atoms with Crippen molar-refractivity contribution in [2.45, 2.75) is 24.1 Å². The molecular weight excluding hydrogens is 288 g/mol. The lowest BCUT2D eigenvalue weighted by atomic mass is 10.1. The summed E-state index contributed by atoms with van der Waals surface area (Å²) in [6, 6.07) is 6.47. The number of carboxylic acid groups (broad SMARTS) is 1. The van der Waals surface area contributed by atoms with E-state index >= 15 is 0 Å². The van der Waals surface area contributed by atoms with E-state index in [1.807, 2.05) is 11.8 Å². The van der Waals surface area contributed by atoms with Crippen LogP contribution in [-0.2, 0) is 6.54 Å². The first-order valence-corrected chi connectivity index (χ1v) is 8.05. The summed E-state index contributed by atoms with van der Waals surface area (Å²) in [7, 11) is 1.74. The number of hydrogen-bond donors (Lipinski definition) is 2. The Balaban J connectivity index is 1.84. The minimum Gasteiger partial charge on any atom is -0.478 e. The molecule has 1 fully saturated rings. The fraction of sp³-hybridized carbons (Fsp3) is 0.467. The average molecular weight is 308 g/mol. The first kappa shape index (κ1) is 15.7. The number of carbonyl (C=O) groups excluding carboxylic acids is 1. The standard InChI is InChI=1S/C15H20N2O3S/c1-17(14(20)16-10-15(21-2)7-8-15)9-11-3-5-12(6-4-11)13(18)19/h3-6H,7-10H2,1-2H3,(H,16,20)(H,18,19). The van der Waals surface area contributed by atoms with Gasteiger partial charge in [0, 0.05) is 24.9 Å². The quantitative estimate of drug-likeness (QED) is 0.847. The van der Waals surface area contributed by atoms with Gasteiger partial charge in [-0.1, -0.05) is 12.1 Å². The number of thioether (sulfide) groups is 1. The van der Waals surface area contributed by atoms with Crippen LogP contribution in [0.1, 0.15) is 28.8 Å². The third kappa shape index (κ3) is 4.14. The first-order valence-electron chi connectivity index (χ1n) is 6.82. The van der Waals surface area contributed by atoms with E-state index in [0.717, 1.165) is 18.4 Å². The molecule has 0 bridgehead atoms. The van der Waals surface area contributed by atoms with Crippen LogP contribution in [0.25, 0.3) is 0 Å². The van der Waals surface area contributed by atoms with Crippen LogP contribution >= 0.6 is 11.8 Å². The van der Waals surface area contributed by atoms with E-state index in [4.69, 9.17) is 5.11 Å². The van der Waals surface area contributed by atoms with Crippen molar-refractivity contribution in [3.8, 4) is 0 Å². The molecule has 2 amide bonds. The smallest absolute Gasteiger partial charge is 0.335 e. The van der Waals surface area contributed by atoms with Crippen LogP contribution in [0, 0.1) is 0 Å². The van der Waals surface area contributed by atoms with E-state index in [0.29, 0.717) is 13.1 Å². The molecule has 5 nitrogen and oxygen atoms in total. The largest absolute Gasteiger partial charge is 0.478 e. The molecule has 21 heavy (non-hydrogen) atoms. The summed E-state index contributed by atoms with van der Waals surface area (Å²) in [5.74, 6) is -0.945. The lowest BCUT2D eigenvalue weighted by Crippen LogP contribution is -2.40. The van der Waals surface area contributed by atoms with Crippen LogP contribution in [0.5, 0.6) is 0 Å². The Morgan fingerprint density at radius 3 is 2.43 bits per heavy atom. The van der Waals surface area contributed by atoms with Crippen LogP contribution in [0.15, 0.2) is 24.3 Å². The molecule has 1 saturated carbocycles. The molecule has 6 heteroatoms. The van der Waals surface area contributed by atoms with Crippen LogP contribution in [-0.4, -0.2) is 46.6 Å². The molecule has 0 heterocycles. The van der Waals surface area contributed by atoms with Gasteiger partial charge >= 0.3 is 12.0 Å². The van der Waals surface area contributed by atoms with Crippen molar-refractivity contribution in [3.05, 3.63) is 35.4 Å². The molecule has 1 aromatic rings. The maximum Gasteiger partial charge on any atom is 0.335 e. The van der Waals surface area contributed by atoms with Gasteiger partial charge in [-0.15, -0.1) is 0 Å². The second-order valence-corrected chi connectivity index (χ2v) is 6.68. The van der Waals surface area contributed by atoms with Gasteiger partial charge in [0.1, 0.15) is 0 Å². The van der Waals surface area contributed by atoms with Crippen LogP contribution in [0.4, 0.5) is 4.79 Å². The number of benzene rings is 1. The highest BCUT2D eigenvalue weighted by atomic mass is 32.2. The summed E-state index contributed by atoms with van der Waals surface area (Å²) in [4.78, 5) is 24.4. The zero-order valence-corrected chi connectivity index (χ0v) is 13.1. The average Bonchev–Trinajstić information content (AvgIpc) is 3.26. The molecule has 1 aromatic carbocycles. The highest BCUT2D eigenvalue weighted by molar-refractivity contribution is 8.00. The minimum atomic E-state index is -0.945. The van der Waals surface area contributed by atoms with Crippen molar-refractivity contribution in [2.24, 2.45) is 0 Å². The highest BCUT2D eigenvalue weighted by Gasteiger charge is 2.42. The van der Waals surface area contributed by atoms with Crippen molar-refractivity contribution < 1.29 is 14.7 Å². The molecule has 2 rings (SSSR count). The van der Waals surface area contributed by atoms with Crippen molar-refractivity contribution in [2.75, 3.05) is 19.8 Å². The lowest BCUT2D eigenvalue weighted by molar-refractivity contribution is 0.0697. The van der Waals surface area contributed by atoms with Crippen molar-refractivity contribution in [1.82, 2.24) is 10.2 Å². The lowest BCUT2D eigenvalue weighted by Gasteiger charge is -2.20. The Labute approximate surface area is 128 Å². The maximum absolute atomic E-state index is 12.0. The maximum atomic E-state index is 12.0. The van der Waals surface area contributed by atoms with Gasteiger partial charge in [-0.05, 0) is 36.8 Å². The van der Waals surface area contributed by atoms with Crippen molar-refractivity contribution in [1.29, 1.82) is 0 Å². The topological polar surface area (TPSA) is 69.6 Å². The van der Waals surface area contributed by atoms with Gasteiger partial charge < -0.3 is 15.3 Å². The molecule has 0 saturated heterocycles. The molecule has 0 atom stereocenters. The monoisotopic (exact) mass is 308 g/mol. The zero-order valence-electron chi connectivity index (χ0n) is 12.3. The number of aromatic carboxylic acids is 1. The second kappa shape index (κ2) is 6.39. The Bertz CT molecular complexity index is 526. The van der Waals surface area contributed by atoms with Gasteiger partial charge in [-0.25, -0.2) is 9.59 Å². The Morgan fingerprint density at radius 1 is 1.33 bits per heavy atom. The van der Waals surface area contributed by atoms with E-state index in [2.05, 4.69) is 11.6 Å². The predicted octanol–water partition coefficient (Wildman–Crippen LogP) is 2.42. The van der Waals surface area contributed by atoms with Gasteiger partial charge in [0.15, 0.2) is 0 Å². The summed E-state index contributed by atoms with van der Waals surface area (Å²) in [5.41, 5.74) is 1.16. The number of rotatable bonds is 6. The van der Waals surface area contributed by atoms with Crippen LogP contribution in [0.3, 0.4) is 0 Å².